The van der Waals surface area contributed by atoms with Gasteiger partial charge in [0.1, 0.15) is 5.54 Å². The number of halogens is 1. The van der Waals surface area contributed by atoms with Gasteiger partial charge in [-0.3, -0.25) is 9.59 Å². The fourth-order valence-corrected chi connectivity index (χ4v) is 4.96. The number of carbonyl (C=O) groups is 3. The number of rotatable bonds is 4. The molecule has 0 bridgehead atoms. The van der Waals surface area contributed by atoms with Crippen molar-refractivity contribution in [2.24, 2.45) is 0 Å². The van der Waals surface area contributed by atoms with E-state index in [1.807, 2.05) is 5.38 Å². The Balaban J connectivity index is 1.58. The molecular weight excluding hydrogens is 438 g/mol. The first kappa shape index (κ1) is 19.7. The van der Waals surface area contributed by atoms with E-state index in [0.717, 1.165) is 11.3 Å². The van der Waals surface area contributed by atoms with Crippen LogP contribution >= 0.6 is 22.9 Å². The van der Waals surface area contributed by atoms with Gasteiger partial charge in [0.2, 0.25) is 0 Å². The third-order valence-corrected chi connectivity index (χ3v) is 6.70. The highest BCUT2D eigenvalue weighted by atomic mass is 35.5. The van der Waals surface area contributed by atoms with Crippen LogP contribution in [0.4, 0.5) is 5.69 Å². The minimum atomic E-state index is -1.07. The molecule has 1 aromatic heterocycles. The Bertz CT molecular complexity index is 1210. The predicted octanol–water partition coefficient (Wildman–Crippen LogP) is 4.02. The van der Waals surface area contributed by atoms with Gasteiger partial charge in [-0.2, -0.15) is 0 Å². The number of fused-ring (bicyclic) bond motifs is 1. The van der Waals surface area contributed by atoms with Crippen molar-refractivity contribution in [1.82, 2.24) is 9.88 Å². The number of carboxylic acids is 1. The highest BCUT2D eigenvalue weighted by Gasteiger charge is 2.67. The Kier molecular flexibility index (Phi) is 4.56. The third kappa shape index (κ3) is 3.19. The molecule has 2 amide bonds. The van der Waals surface area contributed by atoms with Crippen LogP contribution < -0.4 is 5.32 Å². The predicted molar refractivity (Wildman–Crippen MR) is 116 cm³/mol. The molecule has 156 valence electrons. The molecule has 2 atom stereocenters. The topological polar surface area (TPSA) is 99.6 Å². The molecule has 31 heavy (non-hydrogen) atoms. The molecule has 2 N–H and O–H groups in total. The number of carbonyl (C=O) groups excluding carboxylic acids is 2. The summed E-state index contributed by atoms with van der Waals surface area (Å²) >= 11 is 7.54. The van der Waals surface area contributed by atoms with E-state index in [-0.39, 0.29) is 29.8 Å². The number of benzene rings is 2. The largest absolute Gasteiger partial charge is 0.478 e. The van der Waals surface area contributed by atoms with Crippen LogP contribution in [0, 0.1) is 0 Å². The first-order valence-electron chi connectivity index (χ1n) is 9.53. The molecular formula is C22H16ClN3O4S. The van der Waals surface area contributed by atoms with E-state index in [2.05, 4.69) is 10.3 Å². The highest BCUT2D eigenvalue weighted by Crippen LogP contribution is 2.57. The SMILES string of the molecule is O=C(O)c1ccc(CN2C(=O)c3ccc(Cl)cc3NC(=O)C23CC3c2cscn2)cc1. The molecule has 2 unspecified atom stereocenters. The smallest absolute Gasteiger partial charge is 0.335 e. The number of anilines is 1. The number of aromatic nitrogens is 1. The zero-order chi connectivity index (χ0) is 21.8. The van der Waals surface area contributed by atoms with Crippen LogP contribution in [0.5, 0.6) is 0 Å². The Morgan fingerprint density at radius 3 is 2.71 bits per heavy atom. The minimum absolute atomic E-state index is 0.158. The van der Waals surface area contributed by atoms with E-state index in [9.17, 15) is 14.4 Å². The van der Waals surface area contributed by atoms with Gasteiger partial charge < -0.3 is 15.3 Å². The Labute approximate surface area is 186 Å². The minimum Gasteiger partial charge on any atom is -0.478 e. The van der Waals surface area contributed by atoms with Crippen molar-refractivity contribution in [3.05, 3.63) is 80.8 Å². The number of carboxylic acid groups (broad SMARTS) is 1. The Morgan fingerprint density at radius 2 is 2.03 bits per heavy atom. The van der Waals surface area contributed by atoms with Gasteiger partial charge in [0.25, 0.3) is 11.8 Å². The van der Waals surface area contributed by atoms with Gasteiger partial charge >= 0.3 is 5.97 Å². The first-order chi connectivity index (χ1) is 14.9. The summed E-state index contributed by atoms with van der Waals surface area (Å²) in [5, 5.41) is 14.3. The van der Waals surface area contributed by atoms with Crippen LogP contribution in [0.1, 0.15) is 44.3 Å². The van der Waals surface area contributed by atoms with Gasteiger partial charge in [0.15, 0.2) is 0 Å². The molecule has 2 aromatic carbocycles. The number of thiazole rings is 1. The molecule has 0 radical (unpaired) electrons. The molecule has 2 aliphatic rings. The van der Waals surface area contributed by atoms with Crippen molar-refractivity contribution in [1.29, 1.82) is 0 Å². The molecule has 3 aromatic rings. The standard InChI is InChI=1S/C22H16ClN3O4S/c23-14-5-6-15-17(7-14)25-21(30)22(8-16(22)18-10-31-11-24-18)26(19(15)27)9-12-1-3-13(4-2-12)20(28)29/h1-7,10-11,16H,8-9H2,(H,25,30)(H,28,29). The summed E-state index contributed by atoms with van der Waals surface area (Å²) in [6.07, 6.45) is 0.462. The second-order valence-electron chi connectivity index (χ2n) is 7.63. The molecule has 1 spiro atoms. The number of hydrogen-bond acceptors (Lipinski definition) is 5. The lowest BCUT2D eigenvalue weighted by Crippen LogP contribution is -2.48. The maximum atomic E-state index is 13.6. The van der Waals surface area contributed by atoms with Crippen molar-refractivity contribution in [3.8, 4) is 0 Å². The summed E-state index contributed by atoms with van der Waals surface area (Å²) < 4.78 is 0. The summed E-state index contributed by atoms with van der Waals surface area (Å²) in [6.45, 7) is 0.162. The van der Waals surface area contributed by atoms with E-state index >= 15 is 0 Å². The number of aromatic carboxylic acids is 1. The second-order valence-corrected chi connectivity index (χ2v) is 8.79. The molecule has 7 nitrogen and oxygen atoms in total. The molecule has 1 fully saturated rings. The van der Waals surface area contributed by atoms with Crippen LogP contribution in [0.25, 0.3) is 0 Å². The summed E-state index contributed by atoms with van der Waals surface area (Å²) in [4.78, 5) is 44.2. The number of nitrogens with one attached hydrogen (secondary N) is 1. The van der Waals surface area contributed by atoms with Crippen LogP contribution in [0.15, 0.2) is 53.4 Å². The van der Waals surface area contributed by atoms with Gasteiger partial charge in [0, 0.05) is 22.9 Å². The van der Waals surface area contributed by atoms with Crippen LogP contribution in [0.3, 0.4) is 0 Å². The molecule has 9 heteroatoms. The fourth-order valence-electron chi connectivity index (χ4n) is 4.18. The van der Waals surface area contributed by atoms with Gasteiger partial charge in [0.05, 0.1) is 28.0 Å². The van der Waals surface area contributed by atoms with E-state index < -0.39 is 11.5 Å². The normalized spacial score (nSPS) is 22.1. The van der Waals surface area contributed by atoms with Gasteiger partial charge in [-0.05, 0) is 42.3 Å². The molecule has 0 saturated heterocycles. The molecule has 5 rings (SSSR count). The summed E-state index contributed by atoms with van der Waals surface area (Å²) in [6, 6.07) is 11.1. The number of amides is 2. The van der Waals surface area contributed by atoms with Gasteiger partial charge in [-0.1, -0.05) is 23.7 Å². The van der Waals surface area contributed by atoms with Crippen LogP contribution in [-0.2, 0) is 11.3 Å². The number of hydrogen-bond donors (Lipinski definition) is 2. The number of nitrogens with zero attached hydrogens (tertiary/aromatic N) is 2. The van der Waals surface area contributed by atoms with Crippen molar-refractivity contribution in [2.75, 3.05) is 5.32 Å². The highest BCUT2D eigenvalue weighted by molar-refractivity contribution is 7.07. The second kappa shape index (κ2) is 7.18. The van der Waals surface area contributed by atoms with Crippen LogP contribution in [0.2, 0.25) is 5.02 Å². The van der Waals surface area contributed by atoms with Crippen molar-refractivity contribution >= 4 is 46.4 Å². The third-order valence-electron chi connectivity index (χ3n) is 5.86. The average Bonchev–Trinajstić information content (AvgIpc) is 3.28. The molecule has 2 heterocycles. The Hall–Kier alpha value is -3.23. The summed E-state index contributed by atoms with van der Waals surface area (Å²) in [5.41, 5.74) is 3.05. The maximum absolute atomic E-state index is 13.6. The summed E-state index contributed by atoms with van der Waals surface area (Å²) in [7, 11) is 0. The van der Waals surface area contributed by atoms with E-state index in [0.29, 0.717) is 22.7 Å². The molecule has 1 aliphatic heterocycles. The van der Waals surface area contributed by atoms with Crippen LogP contribution in [-0.4, -0.2) is 38.3 Å². The quantitative estimate of drug-likeness (QED) is 0.621. The maximum Gasteiger partial charge on any atom is 0.335 e. The zero-order valence-electron chi connectivity index (χ0n) is 16.0. The molecule has 1 aliphatic carbocycles. The zero-order valence-corrected chi connectivity index (χ0v) is 17.6. The van der Waals surface area contributed by atoms with Crippen molar-refractivity contribution in [3.63, 3.8) is 0 Å². The van der Waals surface area contributed by atoms with Gasteiger partial charge in [-0.15, -0.1) is 11.3 Å². The average molecular weight is 454 g/mol. The lowest BCUT2D eigenvalue weighted by Gasteiger charge is -2.30. The van der Waals surface area contributed by atoms with E-state index in [4.69, 9.17) is 16.7 Å². The van der Waals surface area contributed by atoms with E-state index in [1.54, 1.807) is 40.7 Å². The fraction of sp³-hybridized carbons (Fsp3) is 0.182. The molecule has 1 saturated carbocycles. The van der Waals surface area contributed by atoms with Crippen molar-refractivity contribution in [2.45, 2.75) is 24.4 Å². The van der Waals surface area contributed by atoms with Gasteiger partial charge in [-0.25, -0.2) is 9.78 Å². The Morgan fingerprint density at radius 1 is 1.26 bits per heavy atom. The van der Waals surface area contributed by atoms with Crippen molar-refractivity contribution < 1.29 is 19.5 Å². The monoisotopic (exact) mass is 453 g/mol. The first-order valence-corrected chi connectivity index (χ1v) is 10.9. The summed E-state index contributed by atoms with van der Waals surface area (Å²) in [5.74, 6) is -1.80. The van der Waals surface area contributed by atoms with E-state index in [1.165, 1.54) is 23.5 Å². The lowest BCUT2D eigenvalue weighted by atomic mass is 10.1. The lowest BCUT2D eigenvalue weighted by molar-refractivity contribution is -0.122.